The van der Waals surface area contributed by atoms with Crippen molar-refractivity contribution in [1.29, 1.82) is 0 Å². The smallest absolute Gasteiger partial charge is 0.326 e. The number of imide groups is 1. The summed E-state index contributed by atoms with van der Waals surface area (Å²) in [5.74, 6) is -4.34. The fourth-order valence-electron chi connectivity index (χ4n) is 10.3. The number of benzene rings is 1. The Labute approximate surface area is 403 Å². The van der Waals surface area contributed by atoms with Gasteiger partial charge in [0, 0.05) is 77.9 Å². The van der Waals surface area contributed by atoms with Crippen LogP contribution in [0.4, 0.5) is 0 Å². The lowest BCUT2D eigenvalue weighted by molar-refractivity contribution is -0.148. The fraction of sp³-hybridized carbons (Fsp3) is 0.686. The normalized spacial score (nSPS) is 21.3. The van der Waals surface area contributed by atoms with Crippen LogP contribution < -0.4 is 10.6 Å². The summed E-state index contributed by atoms with van der Waals surface area (Å²) in [4.78, 5) is 112. The lowest BCUT2D eigenvalue weighted by atomic mass is 9.89. The van der Waals surface area contributed by atoms with Gasteiger partial charge in [0.25, 0.3) is 11.8 Å². The zero-order chi connectivity index (χ0) is 50.3. The fourth-order valence-corrected chi connectivity index (χ4v) is 10.3. The van der Waals surface area contributed by atoms with Crippen LogP contribution in [-0.2, 0) is 54.3 Å². The summed E-state index contributed by atoms with van der Waals surface area (Å²) in [6.07, 6.45) is 7.67. The van der Waals surface area contributed by atoms with E-state index in [0.717, 1.165) is 24.8 Å². The first-order chi connectivity index (χ1) is 32.3. The molecule has 1 aromatic carbocycles. The number of likely N-dealkylation sites (N-methyl/N-ethyl adjacent to an activating group) is 1. The summed E-state index contributed by atoms with van der Waals surface area (Å²) in [6.45, 7) is 12.6. The number of unbranched alkanes of at least 4 members (excludes halogenated alkanes) is 3. The zero-order valence-corrected chi connectivity index (χ0v) is 41.9. The van der Waals surface area contributed by atoms with Crippen molar-refractivity contribution in [3.8, 4) is 0 Å². The Hall–Kier alpha value is -5.16. The Morgan fingerprint density at radius 1 is 0.882 bits per heavy atom. The predicted molar refractivity (Wildman–Crippen MR) is 256 cm³/mol. The van der Waals surface area contributed by atoms with Crippen molar-refractivity contribution in [1.82, 2.24) is 30.2 Å². The van der Waals surface area contributed by atoms with Crippen LogP contribution in [0.2, 0.25) is 0 Å². The predicted octanol–water partition coefficient (Wildman–Crippen LogP) is 4.51. The Bertz CT molecular complexity index is 1930. The molecule has 2 fully saturated rings. The Morgan fingerprint density at radius 2 is 1.54 bits per heavy atom. The molecule has 3 aliphatic rings. The molecule has 17 heteroatoms. The summed E-state index contributed by atoms with van der Waals surface area (Å²) in [6, 6.07) is 5.99. The molecule has 378 valence electrons. The largest absolute Gasteiger partial charge is 0.480 e. The molecule has 3 N–H and O–H groups in total. The number of aliphatic carboxylic acids is 1. The Morgan fingerprint density at radius 3 is 2.15 bits per heavy atom. The molecule has 1 aromatic rings. The van der Waals surface area contributed by atoms with Crippen molar-refractivity contribution in [2.75, 3.05) is 40.9 Å². The van der Waals surface area contributed by atoms with Crippen LogP contribution in [0.15, 0.2) is 42.5 Å². The van der Waals surface area contributed by atoms with Gasteiger partial charge in [0.2, 0.25) is 29.5 Å². The number of carbonyl (C=O) groups is 8. The molecule has 3 heterocycles. The van der Waals surface area contributed by atoms with Crippen molar-refractivity contribution in [3.05, 3.63) is 48.0 Å². The minimum atomic E-state index is -1.16. The number of hydrogen-bond donors (Lipinski definition) is 3. The van der Waals surface area contributed by atoms with Gasteiger partial charge in [-0.25, -0.2) is 4.79 Å². The van der Waals surface area contributed by atoms with Gasteiger partial charge in [-0.15, -0.1) is 0 Å². The molecule has 9 atom stereocenters. The van der Waals surface area contributed by atoms with Crippen molar-refractivity contribution >= 4 is 47.3 Å². The molecule has 9 unspecified atom stereocenters. The van der Waals surface area contributed by atoms with Crippen LogP contribution in [-0.4, -0.2) is 155 Å². The topological polar surface area (TPSA) is 212 Å². The molecule has 3 aliphatic heterocycles. The Balaban J connectivity index is 1.37. The van der Waals surface area contributed by atoms with Crippen molar-refractivity contribution in [2.24, 2.45) is 17.8 Å². The number of rotatable bonds is 27. The number of nitrogens with one attached hydrogen (secondary N) is 2. The van der Waals surface area contributed by atoms with Crippen molar-refractivity contribution < 1.29 is 52.9 Å². The second-order valence-corrected chi connectivity index (χ2v) is 19.6. The van der Waals surface area contributed by atoms with E-state index in [0.29, 0.717) is 64.6 Å². The van der Waals surface area contributed by atoms with Crippen LogP contribution in [0.5, 0.6) is 0 Å². The summed E-state index contributed by atoms with van der Waals surface area (Å²) < 4.78 is 11.9. The van der Waals surface area contributed by atoms with E-state index in [-0.39, 0.29) is 66.5 Å². The van der Waals surface area contributed by atoms with Gasteiger partial charge in [0.05, 0.1) is 36.6 Å². The minimum Gasteiger partial charge on any atom is -0.480 e. The highest BCUT2D eigenvalue weighted by molar-refractivity contribution is 6.12. The van der Waals surface area contributed by atoms with E-state index in [2.05, 4.69) is 10.6 Å². The first kappa shape index (κ1) is 55.4. The van der Waals surface area contributed by atoms with E-state index < -0.39 is 59.7 Å². The third-order valence-corrected chi connectivity index (χ3v) is 14.4. The Kier molecular flexibility index (Phi) is 21.2. The zero-order valence-electron chi connectivity index (χ0n) is 41.9. The van der Waals surface area contributed by atoms with Crippen LogP contribution in [0.25, 0.3) is 0 Å². The SMILES string of the molecule is CCC(C)C(C(CC(=O)N1CCCC1C(OC)C(C)C(=O)NC(Cc1ccccc1)C(=O)O)OC)N(C)C(=O)C(NC(=O)CC1(C)CCCN1C(=O)CCCCCCN1C(=O)C=CC1=O)C(C)C. The number of methoxy groups -OCH3 is 2. The number of nitrogens with zero attached hydrogens (tertiary/aromatic N) is 4. The second-order valence-electron chi connectivity index (χ2n) is 19.6. The van der Waals surface area contributed by atoms with Crippen LogP contribution >= 0.6 is 0 Å². The van der Waals surface area contributed by atoms with E-state index in [9.17, 15) is 43.5 Å². The standard InChI is InChI=1S/C51H78N6O11/c1-10-34(4)46(39(67-8)31-44(62)55-28-18-22-38(55)47(68-9)35(5)48(63)52-37(50(65)66)30-36-20-14-13-15-21-36)54(7)49(64)45(33(2)3)53-40(58)32-51(6)26-19-29-57(51)43(61)23-16-11-12-17-27-56-41(59)24-25-42(56)60/h13-15,20-21,24-25,33-35,37-39,45-47H,10-12,16-19,22-23,26-32H2,1-9H3,(H,52,63)(H,53,58)(H,65,66). The minimum absolute atomic E-state index is 0.0268. The van der Waals surface area contributed by atoms with Crippen LogP contribution in [0.3, 0.4) is 0 Å². The summed E-state index contributed by atoms with van der Waals surface area (Å²) in [7, 11) is 4.68. The van der Waals surface area contributed by atoms with Gasteiger partial charge in [-0.2, -0.15) is 0 Å². The number of carbonyl (C=O) groups excluding carboxylic acids is 7. The van der Waals surface area contributed by atoms with E-state index in [1.165, 1.54) is 31.3 Å². The summed E-state index contributed by atoms with van der Waals surface area (Å²) in [5, 5.41) is 15.6. The molecule has 68 heavy (non-hydrogen) atoms. The van der Waals surface area contributed by atoms with E-state index in [1.54, 1.807) is 40.8 Å². The molecule has 7 amide bonds. The lowest BCUT2D eigenvalue weighted by Gasteiger charge is -2.41. The summed E-state index contributed by atoms with van der Waals surface area (Å²) >= 11 is 0. The van der Waals surface area contributed by atoms with Crippen LogP contribution in [0, 0.1) is 17.8 Å². The number of carboxylic acid groups (broad SMARTS) is 1. The highest BCUT2D eigenvalue weighted by Crippen LogP contribution is 2.34. The molecule has 17 nitrogen and oxygen atoms in total. The van der Waals surface area contributed by atoms with Gasteiger partial charge in [0.1, 0.15) is 12.1 Å². The quantitative estimate of drug-likeness (QED) is 0.0825. The first-order valence-corrected chi connectivity index (χ1v) is 24.6. The number of amides is 7. The molecule has 2 saturated heterocycles. The maximum Gasteiger partial charge on any atom is 0.326 e. The van der Waals surface area contributed by atoms with Gasteiger partial charge < -0.3 is 39.9 Å². The molecule has 0 aliphatic carbocycles. The van der Waals surface area contributed by atoms with E-state index >= 15 is 0 Å². The summed E-state index contributed by atoms with van der Waals surface area (Å²) in [5.41, 5.74) is 0.0474. The molecule has 0 saturated carbocycles. The number of carboxylic acids is 1. The first-order valence-electron chi connectivity index (χ1n) is 24.6. The maximum absolute atomic E-state index is 14.5. The van der Waals surface area contributed by atoms with Gasteiger partial charge in [-0.05, 0) is 62.8 Å². The molecule has 0 bridgehead atoms. The monoisotopic (exact) mass is 951 g/mol. The maximum atomic E-state index is 14.5. The molecule has 0 spiro atoms. The average molecular weight is 951 g/mol. The molecular weight excluding hydrogens is 873 g/mol. The second kappa shape index (κ2) is 26.0. The lowest BCUT2D eigenvalue weighted by Crippen LogP contribution is -2.58. The average Bonchev–Trinajstić information content (AvgIpc) is 4.04. The molecule has 4 rings (SSSR count). The third-order valence-electron chi connectivity index (χ3n) is 14.4. The highest BCUT2D eigenvalue weighted by Gasteiger charge is 2.45. The molecule has 0 radical (unpaired) electrons. The van der Waals surface area contributed by atoms with Gasteiger partial charge in [0.15, 0.2) is 0 Å². The number of ether oxygens (including phenoxy) is 2. The van der Waals surface area contributed by atoms with E-state index in [4.69, 9.17) is 9.47 Å². The van der Waals surface area contributed by atoms with E-state index in [1.807, 2.05) is 52.8 Å². The van der Waals surface area contributed by atoms with Crippen molar-refractivity contribution in [2.45, 2.75) is 167 Å². The molecule has 0 aromatic heterocycles. The van der Waals surface area contributed by atoms with Crippen molar-refractivity contribution in [3.63, 3.8) is 0 Å². The van der Waals surface area contributed by atoms with Gasteiger partial charge >= 0.3 is 5.97 Å². The van der Waals surface area contributed by atoms with Gasteiger partial charge in [-0.3, -0.25) is 38.5 Å². The number of hydrogen-bond acceptors (Lipinski definition) is 10. The highest BCUT2D eigenvalue weighted by atomic mass is 16.5. The van der Waals surface area contributed by atoms with Crippen LogP contribution in [0.1, 0.15) is 124 Å². The molecular formula is C51H78N6O11. The third kappa shape index (κ3) is 14.4. The van der Waals surface area contributed by atoms with Gasteiger partial charge in [-0.1, -0.05) is 84.2 Å². The number of likely N-dealkylation sites (tertiary alicyclic amines) is 2.